The van der Waals surface area contributed by atoms with Crippen molar-refractivity contribution in [1.29, 1.82) is 0 Å². The molecule has 1 N–H and O–H groups in total. The van der Waals surface area contributed by atoms with Crippen LogP contribution in [0.4, 0.5) is 0 Å². The lowest BCUT2D eigenvalue weighted by atomic mass is 10.0. The minimum atomic E-state index is -0.916. The number of piperidine rings is 1. The molecule has 1 aliphatic rings. The van der Waals surface area contributed by atoms with Gasteiger partial charge in [0.1, 0.15) is 6.04 Å². The van der Waals surface area contributed by atoms with Crippen LogP contribution in [0.2, 0.25) is 0 Å². The Hall–Kier alpha value is -2.10. The number of carboxylic acids is 1. The van der Waals surface area contributed by atoms with Crippen LogP contribution in [0.1, 0.15) is 24.8 Å². The van der Waals surface area contributed by atoms with Gasteiger partial charge < -0.3 is 10.0 Å². The normalized spacial score (nSPS) is 19.6. The number of nitrogens with zero attached hydrogens (tertiary/aromatic N) is 1. The summed E-state index contributed by atoms with van der Waals surface area (Å²) in [5, 5.41) is 9.12. The molecule has 0 saturated carbocycles. The van der Waals surface area contributed by atoms with Crippen LogP contribution < -0.4 is 0 Å². The predicted molar refractivity (Wildman–Crippen MR) is 72.5 cm³/mol. The summed E-state index contributed by atoms with van der Waals surface area (Å²) >= 11 is 0. The van der Waals surface area contributed by atoms with Gasteiger partial charge in [-0.3, -0.25) is 4.79 Å². The van der Waals surface area contributed by atoms with Crippen molar-refractivity contribution >= 4 is 18.0 Å². The van der Waals surface area contributed by atoms with E-state index >= 15 is 0 Å². The molecule has 1 aromatic carbocycles. The van der Waals surface area contributed by atoms with Gasteiger partial charge >= 0.3 is 5.97 Å². The highest BCUT2D eigenvalue weighted by Crippen LogP contribution is 2.18. The van der Waals surface area contributed by atoms with Crippen LogP contribution in [-0.4, -0.2) is 34.5 Å². The van der Waals surface area contributed by atoms with Gasteiger partial charge in [-0.15, -0.1) is 0 Å². The topological polar surface area (TPSA) is 57.6 Å². The highest BCUT2D eigenvalue weighted by Gasteiger charge is 2.30. The highest BCUT2D eigenvalue weighted by atomic mass is 16.4. The average Bonchev–Trinajstić information content (AvgIpc) is 2.46. The van der Waals surface area contributed by atoms with Crippen molar-refractivity contribution in [1.82, 2.24) is 4.90 Å². The Labute approximate surface area is 112 Å². The fourth-order valence-corrected chi connectivity index (χ4v) is 2.28. The first-order valence-corrected chi connectivity index (χ1v) is 6.45. The van der Waals surface area contributed by atoms with Crippen molar-refractivity contribution in [3.8, 4) is 0 Å². The van der Waals surface area contributed by atoms with E-state index in [9.17, 15) is 9.59 Å². The third-order valence-electron chi connectivity index (χ3n) is 3.29. The third kappa shape index (κ3) is 3.44. The molecule has 1 aliphatic heterocycles. The molecule has 0 aromatic heterocycles. The molecular formula is C15H17NO3. The molecule has 19 heavy (non-hydrogen) atoms. The largest absolute Gasteiger partial charge is 0.480 e. The number of benzene rings is 1. The molecule has 1 amide bonds. The molecule has 0 spiro atoms. The van der Waals surface area contributed by atoms with Crippen LogP contribution in [0, 0.1) is 0 Å². The van der Waals surface area contributed by atoms with Crippen molar-refractivity contribution in [2.24, 2.45) is 0 Å². The molecule has 1 saturated heterocycles. The Balaban J connectivity index is 2.06. The van der Waals surface area contributed by atoms with Crippen molar-refractivity contribution in [2.75, 3.05) is 6.54 Å². The predicted octanol–water partition coefficient (Wildman–Crippen LogP) is 2.17. The number of carboxylic acid groups (broad SMARTS) is 1. The number of likely N-dealkylation sites (tertiary alicyclic amines) is 1. The smallest absolute Gasteiger partial charge is 0.326 e. The van der Waals surface area contributed by atoms with Crippen LogP contribution in [0.5, 0.6) is 0 Å². The highest BCUT2D eigenvalue weighted by molar-refractivity contribution is 5.94. The number of hydrogen-bond donors (Lipinski definition) is 1. The molecule has 0 radical (unpaired) electrons. The zero-order chi connectivity index (χ0) is 13.7. The Morgan fingerprint density at radius 1 is 1.21 bits per heavy atom. The number of aliphatic carboxylic acids is 1. The molecule has 1 aromatic rings. The molecule has 1 atom stereocenters. The Morgan fingerprint density at radius 3 is 2.63 bits per heavy atom. The SMILES string of the molecule is O=C(O)C1CCCCN1C(=O)/C=C/c1ccccc1. The standard InChI is InChI=1S/C15H17NO3/c17-14(10-9-12-6-2-1-3-7-12)16-11-5-4-8-13(16)15(18)19/h1-3,6-7,9-10,13H,4-5,8,11H2,(H,18,19)/b10-9+. The zero-order valence-electron chi connectivity index (χ0n) is 10.7. The minimum absolute atomic E-state index is 0.226. The summed E-state index contributed by atoms with van der Waals surface area (Å²) in [7, 11) is 0. The van der Waals surface area contributed by atoms with Gasteiger partial charge in [0.05, 0.1) is 0 Å². The average molecular weight is 259 g/mol. The maximum absolute atomic E-state index is 12.1. The summed E-state index contributed by atoms with van der Waals surface area (Å²) in [5.41, 5.74) is 0.930. The third-order valence-corrected chi connectivity index (χ3v) is 3.29. The van der Waals surface area contributed by atoms with E-state index in [1.165, 1.54) is 11.0 Å². The first-order chi connectivity index (χ1) is 9.18. The van der Waals surface area contributed by atoms with Crippen LogP contribution in [0.3, 0.4) is 0 Å². The van der Waals surface area contributed by atoms with Crippen LogP contribution in [-0.2, 0) is 9.59 Å². The lowest BCUT2D eigenvalue weighted by molar-refractivity contribution is -0.150. The van der Waals surface area contributed by atoms with Crippen molar-refractivity contribution in [3.63, 3.8) is 0 Å². The molecular weight excluding hydrogens is 242 g/mol. The second kappa shape index (κ2) is 6.18. The van der Waals surface area contributed by atoms with Crippen molar-refractivity contribution in [3.05, 3.63) is 42.0 Å². The van der Waals surface area contributed by atoms with E-state index < -0.39 is 12.0 Å². The van der Waals surface area contributed by atoms with E-state index in [-0.39, 0.29) is 5.91 Å². The van der Waals surface area contributed by atoms with Gasteiger partial charge in [-0.05, 0) is 30.9 Å². The summed E-state index contributed by atoms with van der Waals surface area (Å²) in [6.07, 6.45) is 5.45. The minimum Gasteiger partial charge on any atom is -0.480 e. The van der Waals surface area contributed by atoms with Gasteiger partial charge in [0.25, 0.3) is 0 Å². The van der Waals surface area contributed by atoms with Gasteiger partial charge in [0, 0.05) is 12.6 Å². The number of amides is 1. The second-order valence-corrected chi connectivity index (χ2v) is 4.63. The van der Waals surface area contributed by atoms with Crippen LogP contribution in [0.25, 0.3) is 6.08 Å². The zero-order valence-corrected chi connectivity index (χ0v) is 10.7. The molecule has 4 heteroatoms. The van der Waals surface area contributed by atoms with Gasteiger partial charge in [-0.25, -0.2) is 4.79 Å². The van der Waals surface area contributed by atoms with Crippen molar-refractivity contribution in [2.45, 2.75) is 25.3 Å². The molecule has 0 aliphatic carbocycles. The van der Waals surface area contributed by atoms with Gasteiger partial charge in [0.15, 0.2) is 0 Å². The number of hydrogen-bond acceptors (Lipinski definition) is 2. The maximum atomic E-state index is 12.1. The lowest BCUT2D eigenvalue weighted by Gasteiger charge is -2.32. The van der Waals surface area contributed by atoms with E-state index in [0.29, 0.717) is 13.0 Å². The first-order valence-electron chi connectivity index (χ1n) is 6.45. The Bertz CT molecular complexity index is 481. The fraction of sp³-hybridized carbons (Fsp3) is 0.333. The summed E-state index contributed by atoms with van der Waals surface area (Å²) in [5.74, 6) is -1.14. The van der Waals surface area contributed by atoms with Gasteiger partial charge in [0.2, 0.25) is 5.91 Å². The maximum Gasteiger partial charge on any atom is 0.326 e. The number of carbonyl (C=O) groups excluding carboxylic acids is 1. The lowest BCUT2D eigenvalue weighted by Crippen LogP contribution is -2.47. The van der Waals surface area contributed by atoms with Crippen LogP contribution >= 0.6 is 0 Å². The molecule has 4 nitrogen and oxygen atoms in total. The Morgan fingerprint density at radius 2 is 1.95 bits per heavy atom. The van der Waals surface area contributed by atoms with Gasteiger partial charge in [-0.1, -0.05) is 30.3 Å². The summed E-state index contributed by atoms with van der Waals surface area (Å²) in [4.78, 5) is 24.6. The molecule has 100 valence electrons. The van der Waals surface area contributed by atoms with E-state index in [1.807, 2.05) is 30.3 Å². The van der Waals surface area contributed by atoms with Crippen LogP contribution in [0.15, 0.2) is 36.4 Å². The molecule has 1 heterocycles. The second-order valence-electron chi connectivity index (χ2n) is 4.63. The molecule has 0 bridgehead atoms. The fourth-order valence-electron chi connectivity index (χ4n) is 2.28. The quantitative estimate of drug-likeness (QED) is 0.846. The first kappa shape index (κ1) is 13.3. The van der Waals surface area contributed by atoms with E-state index in [1.54, 1.807) is 6.08 Å². The summed E-state index contributed by atoms with van der Waals surface area (Å²) in [6, 6.07) is 8.81. The summed E-state index contributed by atoms with van der Waals surface area (Å²) < 4.78 is 0. The van der Waals surface area contributed by atoms with E-state index in [2.05, 4.69) is 0 Å². The number of rotatable bonds is 3. The molecule has 1 unspecified atom stereocenters. The number of carbonyl (C=O) groups is 2. The van der Waals surface area contributed by atoms with E-state index in [4.69, 9.17) is 5.11 Å². The summed E-state index contributed by atoms with van der Waals surface area (Å²) in [6.45, 7) is 0.523. The van der Waals surface area contributed by atoms with Crippen molar-refractivity contribution < 1.29 is 14.7 Å². The Kier molecular flexibility index (Phi) is 4.34. The molecule has 2 rings (SSSR count). The molecule has 1 fully saturated rings. The van der Waals surface area contributed by atoms with E-state index in [0.717, 1.165) is 18.4 Å². The van der Waals surface area contributed by atoms with Gasteiger partial charge in [-0.2, -0.15) is 0 Å². The monoisotopic (exact) mass is 259 g/mol.